The van der Waals surface area contributed by atoms with Gasteiger partial charge in [-0.25, -0.2) is 4.98 Å². The standard InChI is InChI=1S/C22H24N4O2/c1-15-7-9-16(10-8-15)21-25-17(14-28-21)13-24-22(23-2)26-19-11-12-27-20-6-4-3-5-18(19)20/h3-10,14,19H,11-13H2,1-2H3,(H2,23,24,26). The van der Waals surface area contributed by atoms with Crippen molar-refractivity contribution in [2.45, 2.75) is 25.9 Å². The van der Waals surface area contributed by atoms with E-state index in [0.29, 0.717) is 19.0 Å². The maximum atomic E-state index is 5.73. The van der Waals surface area contributed by atoms with Crippen molar-refractivity contribution in [1.82, 2.24) is 15.6 Å². The van der Waals surface area contributed by atoms with Crippen molar-refractivity contribution in [3.05, 3.63) is 71.6 Å². The summed E-state index contributed by atoms with van der Waals surface area (Å²) in [6.07, 6.45) is 2.57. The van der Waals surface area contributed by atoms with Crippen molar-refractivity contribution < 1.29 is 9.15 Å². The minimum Gasteiger partial charge on any atom is -0.493 e. The minimum atomic E-state index is 0.163. The maximum absolute atomic E-state index is 5.73. The number of benzene rings is 2. The molecule has 0 saturated heterocycles. The number of aliphatic imine (C=N–C) groups is 1. The Morgan fingerprint density at radius 1 is 1.18 bits per heavy atom. The molecule has 2 heterocycles. The van der Waals surface area contributed by atoms with Crippen molar-refractivity contribution in [2.24, 2.45) is 4.99 Å². The van der Waals surface area contributed by atoms with Crippen LogP contribution in [0.15, 0.2) is 64.2 Å². The molecule has 0 spiro atoms. The molecule has 4 rings (SSSR count). The number of aromatic nitrogens is 1. The van der Waals surface area contributed by atoms with Gasteiger partial charge in [0, 0.05) is 24.6 Å². The molecule has 6 nitrogen and oxygen atoms in total. The molecule has 0 fully saturated rings. The summed E-state index contributed by atoms with van der Waals surface area (Å²) in [6.45, 7) is 3.28. The lowest BCUT2D eigenvalue weighted by atomic mass is 10.0. The molecule has 0 aliphatic carbocycles. The van der Waals surface area contributed by atoms with Crippen LogP contribution in [0.25, 0.3) is 11.5 Å². The van der Waals surface area contributed by atoms with Crippen molar-refractivity contribution >= 4 is 5.96 Å². The summed E-state index contributed by atoms with van der Waals surface area (Å²) in [5, 5.41) is 6.79. The number of oxazole rings is 1. The van der Waals surface area contributed by atoms with E-state index < -0.39 is 0 Å². The van der Waals surface area contributed by atoms with Gasteiger partial charge in [-0.1, -0.05) is 35.9 Å². The zero-order valence-corrected chi connectivity index (χ0v) is 16.1. The van der Waals surface area contributed by atoms with Crippen LogP contribution in [0.4, 0.5) is 0 Å². The van der Waals surface area contributed by atoms with Crippen LogP contribution in [0.3, 0.4) is 0 Å². The van der Waals surface area contributed by atoms with Crippen molar-refractivity contribution in [2.75, 3.05) is 13.7 Å². The zero-order chi connectivity index (χ0) is 19.3. The van der Waals surface area contributed by atoms with Crippen LogP contribution in [-0.2, 0) is 6.54 Å². The number of aryl methyl sites for hydroxylation is 1. The molecular weight excluding hydrogens is 352 g/mol. The van der Waals surface area contributed by atoms with Crippen LogP contribution in [-0.4, -0.2) is 24.6 Å². The molecule has 0 saturated carbocycles. The van der Waals surface area contributed by atoms with Gasteiger partial charge in [-0.2, -0.15) is 0 Å². The van der Waals surface area contributed by atoms with Crippen LogP contribution < -0.4 is 15.4 Å². The van der Waals surface area contributed by atoms with E-state index in [0.717, 1.165) is 35.0 Å². The Hall–Kier alpha value is -3.28. The van der Waals surface area contributed by atoms with E-state index in [-0.39, 0.29) is 6.04 Å². The Kier molecular flexibility index (Phi) is 5.28. The molecule has 1 aliphatic rings. The minimum absolute atomic E-state index is 0.163. The highest BCUT2D eigenvalue weighted by molar-refractivity contribution is 5.80. The van der Waals surface area contributed by atoms with Gasteiger partial charge in [0.25, 0.3) is 0 Å². The summed E-state index contributed by atoms with van der Waals surface area (Å²) < 4.78 is 11.4. The molecule has 0 bridgehead atoms. The summed E-state index contributed by atoms with van der Waals surface area (Å²) in [7, 11) is 1.76. The highest BCUT2D eigenvalue weighted by atomic mass is 16.5. The number of para-hydroxylation sites is 1. The Morgan fingerprint density at radius 3 is 2.82 bits per heavy atom. The third-order valence-electron chi connectivity index (χ3n) is 4.78. The van der Waals surface area contributed by atoms with Gasteiger partial charge in [0.1, 0.15) is 12.0 Å². The second-order valence-corrected chi connectivity index (χ2v) is 6.81. The van der Waals surface area contributed by atoms with E-state index in [1.165, 1.54) is 5.56 Å². The van der Waals surface area contributed by atoms with Crippen LogP contribution in [0.2, 0.25) is 0 Å². The van der Waals surface area contributed by atoms with Crippen LogP contribution in [0.5, 0.6) is 5.75 Å². The maximum Gasteiger partial charge on any atom is 0.226 e. The first-order chi connectivity index (χ1) is 13.7. The number of nitrogens with one attached hydrogen (secondary N) is 2. The number of rotatable bonds is 4. The van der Waals surface area contributed by atoms with Crippen LogP contribution in [0.1, 0.15) is 29.3 Å². The largest absolute Gasteiger partial charge is 0.493 e. The molecule has 1 unspecified atom stereocenters. The number of fused-ring (bicyclic) bond motifs is 1. The summed E-state index contributed by atoms with van der Waals surface area (Å²) in [6, 6.07) is 16.4. The quantitative estimate of drug-likeness (QED) is 0.535. The van der Waals surface area contributed by atoms with Gasteiger partial charge in [0.15, 0.2) is 5.96 Å². The van der Waals surface area contributed by atoms with Crippen LogP contribution in [0, 0.1) is 6.92 Å². The first-order valence-corrected chi connectivity index (χ1v) is 9.43. The highest BCUT2D eigenvalue weighted by Crippen LogP contribution is 2.31. The van der Waals surface area contributed by atoms with Crippen molar-refractivity contribution in [3.63, 3.8) is 0 Å². The first kappa shape index (κ1) is 18.1. The van der Waals surface area contributed by atoms with E-state index in [1.54, 1.807) is 13.3 Å². The smallest absolute Gasteiger partial charge is 0.226 e. The summed E-state index contributed by atoms with van der Waals surface area (Å²) in [4.78, 5) is 8.91. The lowest BCUT2D eigenvalue weighted by molar-refractivity contribution is 0.261. The monoisotopic (exact) mass is 376 g/mol. The van der Waals surface area contributed by atoms with Crippen molar-refractivity contribution in [1.29, 1.82) is 0 Å². The van der Waals surface area contributed by atoms with Gasteiger partial charge in [-0.05, 0) is 25.1 Å². The van der Waals surface area contributed by atoms with E-state index in [4.69, 9.17) is 9.15 Å². The van der Waals surface area contributed by atoms with Gasteiger partial charge >= 0.3 is 0 Å². The average molecular weight is 376 g/mol. The van der Waals surface area contributed by atoms with E-state index in [2.05, 4.69) is 45.7 Å². The van der Waals surface area contributed by atoms with E-state index in [9.17, 15) is 0 Å². The summed E-state index contributed by atoms with van der Waals surface area (Å²) in [5.41, 5.74) is 4.16. The Morgan fingerprint density at radius 2 is 2.00 bits per heavy atom. The second kappa shape index (κ2) is 8.17. The zero-order valence-electron chi connectivity index (χ0n) is 16.1. The molecule has 1 atom stereocenters. The molecule has 1 aliphatic heterocycles. The third-order valence-corrected chi connectivity index (χ3v) is 4.78. The number of guanidine groups is 1. The van der Waals surface area contributed by atoms with Crippen molar-refractivity contribution in [3.8, 4) is 17.2 Å². The Labute approximate surface area is 164 Å². The lowest BCUT2D eigenvalue weighted by Gasteiger charge is -2.27. The number of hydrogen-bond donors (Lipinski definition) is 2. The number of nitrogens with zero attached hydrogens (tertiary/aromatic N) is 2. The Bertz CT molecular complexity index is 963. The predicted molar refractivity (Wildman–Crippen MR) is 109 cm³/mol. The normalized spacial score (nSPS) is 16.2. The fraction of sp³-hybridized carbons (Fsp3) is 0.273. The van der Waals surface area contributed by atoms with Gasteiger partial charge in [-0.15, -0.1) is 0 Å². The fourth-order valence-corrected chi connectivity index (χ4v) is 3.24. The average Bonchev–Trinajstić information content (AvgIpc) is 3.21. The number of hydrogen-bond acceptors (Lipinski definition) is 4. The molecule has 0 radical (unpaired) electrons. The molecule has 144 valence electrons. The molecule has 2 aromatic carbocycles. The molecular formula is C22H24N4O2. The molecule has 2 N–H and O–H groups in total. The van der Waals surface area contributed by atoms with E-state index >= 15 is 0 Å². The SMILES string of the molecule is CN=C(NCc1coc(-c2ccc(C)cc2)n1)NC1CCOc2ccccc21. The topological polar surface area (TPSA) is 71.7 Å². The van der Waals surface area contributed by atoms with Gasteiger partial charge in [0.05, 0.1) is 24.9 Å². The van der Waals surface area contributed by atoms with Crippen LogP contribution >= 0.6 is 0 Å². The highest BCUT2D eigenvalue weighted by Gasteiger charge is 2.21. The third kappa shape index (κ3) is 4.01. The molecule has 0 amide bonds. The number of ether oxygens (including phenoxy) is 1. The summed E-state index contributed by atoms with van der Waals surface area (Å²) >= 11 is 0. The second-order valence-electron chi connectivity index (χ2n) is 6.81. The first-order valence-electron chi connectivity index (χ1n) is 9.43. The van der Waals surface area contributed by atoms with Gasteiger partial charge in [-0.3, -0.25) is 4.99 Å². The van der Waals surface area contributed by atoms with Gasteiger partial charge < -0.3 is 19.8 Å². The molecule has 3 aromatic rings. The molecule has 6 heteroatoms. The molecule has 28 heavy (non-hydrogen) atoms. The Balaban J connectivity index is 1.39. The van der Waals surface area contributed by atoms with Gasteiger partial charge in [0.2, 0.25) is 5.89 Å². The molecule has 1 aromatic heterocycles. The van der Waals surface area contributed by atoms with E-state index in [1.807, 2.05) is 30.3 Å². The predicted octanol–water partition coefficient (Wildman–Crippen LogP) is 3.84. The lowest BCUT2D eigenvalue weighted by Crippen LogP contribution is -2.40. The fourth-order valence-electron chi connectivity index (χ4n) is 3.24. The summed E-state index contributed by atoms with van der Waals surface area (Å²) in [5.74, 6) is 2.28.